The van der Waals surface area contributed by atoms with Gasteiger partial charge in [0.2, 0.25) is 0 Å². The second kappa shape index (κ2) is 11.6. The highest BCUT2D eigenvalue weighted by Gasteiger charge is 2.16. The summed E-state index contributed by atoms with van der Waals surface area (Å²) in [6.07, 6.45) is 4.75. The van der Waals surface area contributed by atoms with E-state index in [1.165, 1.54) is 0 Å². The third kappa shape index (κ3) is 5.86. The first-order valence-electron chi connectivity index (χ1n) is 11.6. The van der Waals surface area contributed by atoms with Crippen LogP contribution in [0.15, 0.2) is 122 Å². The summed E-state index contributed by atoms with van der Waals surface area (Å²) < 4.78 is 11.5. The smallest absolute Gasteiger partial charge is 0.343 e. The van der Waals surface area contributed by atoms with Crippen LogP contribution in [0.4, 0.5) is 0 Å². The molecule has 0 heterocycles. The zero-order valence-corrected chi connectivity index (χ0v) is 19.9. The molecule has 4 heteroatoms. The van der Waals surface area contributed by atoms with Crippen LogP contribution in [-0.4, -0.2) is 11.9 Å². The number of ether oxygens (including phenoxy) is 2. The summed E-state index contributed by atoms with van der Waals surface area (Å²) in [5.41, 5.74) is 4.34. The molecule has 0 aliphatic carbocycles. The molecule has 4 rings (SSSR count). The molecule has 0 saturated heterocycles. The molecule has 0 saturated carbocycles. The standard InChI is InChI=1S/C32H26O4/c1-3-11-23-17-19-30(36-32(34)25-15-9-6-10-16-25)28(21-23)26-18-20-29(27(22-26)12-4-2)35-31(33)24-13-7-5-8-14-24/h3-10,13-22H,1-2,11-12H2. The van der Waals surface area contributed by atoms with Gasteiger partial charge in [-0.1, -0.05) is 60.7 Å². The van der Waals surface area contributed by atoms with Gasteiger partial charge in [0, 0.05) is 5.56 Å². The molecule has 0 N–H and O–H groups in total. The third-order valence-corrected chi connectivity index (χ3v) is 5.58. The zero-order valence-electron chi connectivity index (χ0n) is 19.9. The number of hydrogen-bond acceptors (Lipinski definition) is 4. The van der Waals surface area contributed by atoms with Crippen LogP contribution in [0, 0.1) is 0 Å². The van der Waals surface area contributed by atoms with Gasteiger partial charge < -0.3 is 9.47 Å². The summed E-state index contributed by atoms with van der Waals surface area (Å²) >= 11 is 0. The van der Waals surface area contributed by atoms with Gasteiger partial charge in [-0.05, 0) is 78.1 Å². The molecule has 0 atom stereocenters. The van der Waals surface area contributed by atoms with Gasteiger partial charge in [0.05, 0.1) is 11.1 Å². The molecule has 0 spiro atoms. The first-order valence-corrected chi connectivity index (χ1v) is 11.6. The van der Waals surface area contributed by atoms with Gasteiger partial charge >= 0.3 is 11.9 Å². The Balaban J connectivity index is 1.70. The average Bonchev–Trinajstić information content (AvgIpc) is 2.91. The summed E-state index contributed by atoms with van der Waals surface area (Å²) in [5.74, 6) is 0.0278. The van der Waals surface area contributed by atoms with E-state index in [1.807, 2.05) is 42.5 Å². The van der Waals surface area contributed by atoms with Crippen LogP contribution in [0.25, 0.3) is 11.1 Å². The summed E-state index contributed by atoms with van der Waals surface area (Å²) in [4.78, 5) is 25.4. The monoisotopic (exact) mass is 474 g/mol. The van der Waals surface area contributed by atoms with Crippen molar-refractivity contribution in [2.24, 2.45) is 0 Å². The van der Waals surface area contributed by atoms with E-state index in [0.29, 0.717) is 35.5 Å². The Morgan fingerprint density at radius 2 is 1.19 bits per heavy atom. The maximum absolute atomic E-state index is 12.8. The average molecular weight is 475 g/mol. The third-order valence-electron chi connectivity index (χ3n) is 5.58. The Bertz CT molecular complexity index is 1390. The van der Waals surface area contributed by atoms with Gasteiger partial charge in [0.1, 0.15) is 11.5 Å². The van der Waals surface area contributed by atoms with E-state index >= 15 is 0 Å². The predicted octanol–water partition coefficient (Wildman–Crippen LogP) is 7.25. The predicted molar refractivity (Wildman–Crippen MR) is 142 cm³/mol. The minimum atomic E-state index is -0.437. The highest BCUT2D eigenvalue weighted by molar-refractivity contribution is 5.93. The van der Waals surface area contributed by atoms with E-state index in [-0.39, 0.29) is 0 Å². The van der Waals surface area contributed by atoms with Gasteiger partial charge in [0.15, 0.2) is 0 Å². The molecule has 4 aromatic rings. The molecule has 0 aliphatic rings. The Hall–Kier alpha value is -4.70. The van der Waals surface area contributed by atoms with E-state index in [9.17, 15) is 9.59 Å². The minimum Gasteiger partial charge on any atom is -0.423 e. The molecule has 36 heavy (non-hydrogen) atoms. The van der Waals surface area contributed by atoms with Crippen molar-refractivity contribution >= 4 is 11.9 Å². The minimum absolute atomic E-state index is 0.431. The number of carbonyl (C=O) groups excluding carboxylic acids is 2. The van der Waals surface area contributed by atoms with Crippen molar-refractivity contribution in [2.45, 2.75) is 12.8 Å². The number of allylic oxidation sites excluding steroid dienone is 2. The molecule has 178 valence electrons. The summed E-state index contributed by atoms with van der Waals surface area (Å²) in [7, 11) is 0. The van der Waals surface area contributed by atoms with E-state index in [0.717, 1.165) is 22.3 Å². The number of rotatable bonds is 9. The second-order valence-corrected chi connectivity index (χ2v) is 8.15. The van der Waals surface area contributed by atoms with Gasteiger partial charge in [-0.25, -0.2) is 9.59 Å². The lowest BCUT2D eigenvalue weighted by Crippen LogP contribution is -2.10. The van der Waals surface area contributed by atoms with Crippen molar-refractivity contribution in [3.05, 3.63) is 145 Å². The van der Waals surface area contributed by atoms with Crippen molar-refractivity contribution in [2.75, 3.05) is 0 Å². The van der Waals surface area contributed by atoms with Gasteiger partial charge in [-0.2, -0.15) is 0 Å². The van der Waals surface area contributed by atoms with Crippen LogP contribution in [-0.2, 0) is 12.8 Å². The Kier molecular flexibility index (Phi) is 7.89. The van der Waals surface area contributed by atoms with Gasteiger partial charge in [-0.3, -0.25) is 0 Å². The SMILES string of the molecule is C=CCc1ccc(OC(=O)c2ccccc2)c(-c2ccc(OC(=O)c3ccccc3)c(CC=C)c2)c1. The quantitative estimate of drug-likeness (QED) is 0.146. The topological polar surface area (TPSA) is 52.6 Å². The van der Waals surface area contributed by atoms with Crippen molar-refractivity contribution in [3.8, 4) is 22.6 Å². The summed E-state index contributed by atoms with van der Waals surface area (Å²) in [5, 5.41) is 0. The fourth-order valence-corrected chi connectivity index (χ4v) is 3.81. The van der Waals surface area contributed by atoms with Crippen LogP contribution < -0.4 is 9.47 Å². The molecule has 4 nitrogen and oxygen atoms in total. The second-order valence-electron chi connectivity index (χ2n) is 8.15. The van der Waals surface area contributed by atoms with Gasteiger partial charge in [-0.15, -0.1) is 13.2 Å². The molecular formula is C32H26O4. The number of esters is 2. The number of carbonyl (C=O) groups is 2. The van der Waals surface area contributed by atoms with E-state index in [4.69, 9.17) is 9.47 Å². The zero-order chi connectivity index (χ0) is 25.3. The van der Waals surface area contributed by atoms with Crippen molar-refractivity contribution in [1.82, 2.24) is 0 Å². The van der Waals surface area contributed by atoms with Crippen molar-refractivity contribution in [3.63, 3.8) is 0 Å². The lowest BCUT2D eigenvalue weighted by molar-refractivity contribution is 0.0724. The van der Waals surface area contributed by atoms with Crippen LogP contribution >= 0.6 is 0 Å². The summed E-state index contributed by atoms with van der Waals surface area (Å²) in [6.45, 7) is 7.67. The highest BCUT2D eigenvalue weighted by atomic mass is 16.5. The molecule has 0 amide bonds. The van der Waals surface area contributed by atoms with Crippen LogP contribution in [0.5, 0.6) is 11.5 Å². The molecular weight excluding hydrogens is 448 g/mol. The molecule has 0 bridgehead atoms. The fraction of sp³-hybridized carbons (Fsp3) is 0.0625. The number of hydrogen-bond donors (Lipinski definition) is 0. The van der Waals surface area contributed by atoms with Crippen LogP contribution in [0.2, 0.25) is 0 Å². The first kappa shape index (κ1) is 24.4. The van der Waals surface area contributed by atoms with Crippen molar-refractivity contribution < 1.29 is 19.1 Å². The maximum atomic E-state index is 12.8. The highest BCUT2D eigenvalue weighted by Crippen LogP contribution is 2.35. The molecule has 0 aromatic heterocycles. The van der Waals surface area contributed by atoms with Crippen LogP contribution in [0.1, 0.15) is 31.8 Å². The first-order chi connectivity index (χ1) is 17.6. The molecule has 0 radical (unpaired) electrons. The molecule has 0 aliphatic heterocycles. The Labute approximate surface area is 211 Å². The normalized spacial score (nSPS) is 10.3. The lowest BCUT2D eigenvalue weighted by Gasteiger charge is -2.15. The van der Waals surface area contributed by atoms with E-state index in [2.05, 4.69) is 13.2 Å². The number of benzene rings is 4. The van der Waals surface area contributed by atoms with E-state index in [1.54, 1.807) is 66.7 Å². The van der Waals surface area contributed by atoms with Crippen LogP contribution in [0.3, 0.4) is 0 Å². The van der Waals surface area contributed by atoms with Gasteiger partial charge in [0.25, 0.3) is 0 Å². The molecule has 4 aromatic carbocycles. The fourth-order valence-electron chi connectivity index (χ4n) is 3.81. The lowest BCUT2D eigenvalue weighted by atomic mass is 9.97. The largest absolute Gasteiger partial charge is 0.423 e. The summed E-state index contributed by atoms with van der Waals surface area (Å²) in [6, 6.07) is 29.0. The maximum Gasteiger partial charge on any atom is 0.343 e. The Morgan fingerprint density at radius 1 is 0.639 bits per heavy atom. The molecule has 0 fully saturated rings. The molecule has 0 unspecified atom stereocenters. The Morgan fingerprint density at radius 3 is 1.78 bits per heavy atom. The van der Waals surface area contributed by atoms with E-state index < -0.39 is 11.9 Å². The van der Waals surface area contributed by atoms with Crippen molar-refractivity contribution in [1.29, 1.82) is 0 Å².